The molecule has 1 unspecified atom stereocenters. The number of halogens is 1. The topological polar surface area (TPSA) is 131 Å². The second kappa shape index (κ2) is 13.6. The fourth-order valence-electron chi connectivity index (χ4n) is 5.21. The fraction of sp³-hybridized carbons (Fsp3) is 0.467. The number of aromatic nitrogens is 1. The number of nitrogens with zero attached hydrogens (tertiary/aromatic N) is 4. The van der Waals surface area contributed by atoms with Gasteiger partial charge in [0.05, 0.1) is 16.0 Å². The van der Waals surface area contributed by atoms with Gasteiger partial charge in [-0.15, -0.1) is 0 Å². The molecule has 3 N–H and O–H groups in total. The van der Waals surface area contributed by atoms with E-state index in [1.807, 2.05) is 33.1 Å². The van der Waals surface area contributed by atoms with E-state index in [1.165, 1.54) is 6.20 Å². The third-order valence-corrected chi connectivity index (χ3v) is 7.92. The van der Waals surface area contributed by atoms with Crippen LogP contribution in [0.5, 0.6) is 0 Å². The van der Waals surface area contributed by atoms with Gasteiger partial charge in [0.1, 0.15) is 23.3 Å². The van der Waals surface area contributed by atoms with Crippen LogP contribution in [0.1, 0.15) is 46.6 Å². The zero-order valence-electron chi connectivity index (χ0n) is 24.7. The van der Waals surface area contributed by atoms with Crippen LogP contribution in [0.4, 0.5) is 11.5 Å². The molecule has 1 aliphatic rings. The zero-order valence-corrected chi connectivity index (χ0v) is 25.4. The molecule has 0 radical (unpaired) electrons. The molecule has 1 aromatic carbocycles. The van der Waals surface area contributed by atoms with Crippen molar-refractivity contribution in [1.29, 1.82) is 0 Å². The highest BCUT2D eigenvalue weighted by Gasteiger charge is 2.33. The molecule has 1 aliphatic carbocycles. The maximum atomic E-state index is 13.6. The Bertz CT molecular complexity index is 1420. The number of amides is 3. The molecule has 1 fully saturated rings. The molecule has 4 rings (SSSR count). The molecule has 0 spiro atoms. The van der Waals surface area contributed by atoms with Crippen molar-refractivity contribution in [2.75, 3.05) is 59.0 Å². The van der Waals surface area contributed by atoms with Crippen LogP contribution in [-0.4, -0.2) is 97.1 Å². The highest BCUT2D eigenvalue weighted by Crippen LogP contribution is 2.37. The lowest BCUT2D eigenvalue weighted by atomic mass is 9.80. The van der Waals surface area contributed by atoms with E-state index in [2.05, 4.69) is 15.6 Å². The highest BCUT2D eigenvalue weighted by atomic mass is 35.5. The number of benzene rings is 1. The number of carbonyl (C=O) groups is 3. The number of hydrogen-bond acceptors (Lipinski definition) is 8. The number of aliphatic hydroxyl groups is 1. The van der Waals surface area contributed by atoms with E-state index < -0.39 is 12.1 Å². The predicted molar refractivity (Wildman–Crippen MR) is 163 cm³/mol. The lowest BCUT2D eigenvalue weighted by Crippen LogP contribution is -2.38. The fourth-order valence-corrected chi connectivity index (χ4v) is 5.32. The molecular weight excluding hydrogens is 560 g/mol. The summed E-state index contributed by atoms with van der Waals surface area (Å²) < 4.78 is 5.99. The average molecular weight is 599 g/mol. The minimum absolute atomic E-state index is 0.0777. The summed E-state index contributed by atoms with van der Waals surface area (Å²) in [4.78, 5) is 50.1. The number of carbonyl (C=O) groups excluding carboxylic acids is 3. The van der Waals surface area contributed by atoms with Gasteiger partial charge in [0, 0.05) is 32.3 Å². The van der Waals surface area contributed by atoms with E-state index in [0.717, 1.165) is 0 Å². The molecule has 42 heavy (non-hydrogen) atoms. The number of hydrogen-bond donors (Lipinski definition) is 3. The molecule has 3 amide bonds. The molecule has 3 aromatic rings. The van der Waals surface area contributed by atoms with Crippen LogP contribution in [0, 0.1) is 11.8 Å². The van der Waals surface area contributed by atoms with Gasteiger partial charge in [0.15, 0.2) is 0 Å². The van der Waals surface area contributed by atoms with Gasteiger partial charge in [0.2, 0.25) is 11.7 Å². The van der Waals surface area contributed by atoms with Gasteiger partial charge in [-0.3, -0.25) is 19.3 Å². The summed E-state index contributed by atoms with van der Waals surface area (Å²) in [5, 5.41) is 16.9. The summed E-state index contributed by atoms with van der Waals surface area (Å²) in [7, 11) is 9.23. The van der Waals surface area contributed by atoms with Crippen molar-refractivity contribution in [2.45, 2.75) is 31.9 Å². The SMILES string of the molecule is CN(C)CCN(C)C(=O)c1cccc2oc(C(=O)Nc3ccc(Cl)cn3)c(NC(=O)[C@H]3CC[C@H](C(O)N(C)C)CC3)c12. The first kappa shape index (κ1) is 31.4. The lowest BCUT2D eigenvalue weighted by molar-refractivity contribution is -0.122. The number of rotatable bonds is 10. The number of anilines is 2. The van der Waals surface area contributed by atoms with Gasteiger partial charge in [-0.1, -0.05) is 17.7 Å². The summed E-state index contributed by atoms with van der Waals surface area (Å²) in [6.45, 7) is 1.15. The average Bonchev–Trinajstić information content (AvgIpc) is 3.34. The Kier molecular flexibility index (Phi) is 10.2. The minimum atomic E-state index is -0.631. The zero-order chi connectivity index (χ0) is 30.6. The van der Waals surface area contributed by atoms with Crippen LogP contribution >= 0.6 is 11.6 Å². The maximum absolute atomic E-state index is 13.6. The third kappa shape index (κ3) is 7.27. The Morgan fingerprint density at radius 3 is 2.36 bits per heavy atom. The first-order valence-electron chi connectivity index (χ1n) is 14.0. The van der Waals surface area contributed by atoms with Gasteiger partial charge in [-0.05, 0) is 84.1 Å². The monoisotopic (exact) mass is 598 g/mol. The number of likely N-dealkylation sites (N-methyl/N-ethyl adjacent to an activating group) is 2. The number of aliphatic hydroxyl groups excluding tert-OH is 1. The van der Waals surface area contributed by atoms with Gasteiger partial charge in [-0.25, -0.2) is 4.98 Å². The van der Waals surface area contributed by atoms with E-state index >= 15 is 0 Å². The first-order chi connectivity index (χ1) is 20.0. The predicted octanol–water partition coefficient (Wildman–Crippen LogP) is 3.99. The van der Waals surface area contributed by atoms with Crippen LogP contribution in [0.2, 0.25) is 5.02 Å². The normalized spacial score (nSPS) is 17.8. The summed E-state index contributed by atoms with van der Waals surface area (Å²) in [6, 6.07) is 8.15. The van der Waals surface area contributed by atoms with Crippen LogP contribution < -0.4 is 10.6 Å². The van der Waals surface area contributed by atoms with Crippen LogP contribution in [0.15, 0.2) is 40.9 Å². The molecular formula is C30H39ClN6O5. The summed E-state index contributed by atoms with van der Waals surface area (Å²) in [6.07, 6.45) is 3.40. The second-order valence-corrected chi connectivity index (χ2v) is 11.7. The van der Waals surface area contributed by atoms with Gasteiger partial charge in [-0.2, -0.15) is 0 Å². The molecule has 0 aliphatic heterocycles. The largest absolute Gasteiger partial charge is 0.449 e. The molecule has 2 aromatic heterocycles. The molecule has 2 heterocycles. The summed E-state index contributed by atoms with van der Waals surface area (Å²) in [5.41, 5.74) is 0.750. The van der Waals surface area contributed by atoms with Gasteiger partial charge >= 0.3 is 0 Å². The third-order valence-electron chi connectivity index (χ3n) is 7.69. The van der Waals surface area contributed by atoms with Crippen molar-refractivity contribution < 1.29 is 23.9 Å². The maximum Gasteiger partial charge on any atom is 0.294 e. The molecule has 1 saturated carbocycles. The molecule has 0 bridgehead atoms. The number of pyridine rings is 1. The van der Waals surface area contributed by atoms with E-state index in [0.29, 0.717) is 60.3 Å². The van der Waals surface area contributed by atoms with Crippen molar-refractivity contribution in [3.05, 3.63) is 52.9 Å². The van der Waals surface area contributed by atoms with E-state index in [1.54, 1.807) is 47.2 Å². The van der Waals surface area contributed by atoms with Crippen molar-refractivity contribution in [3.63, 3.8) is 0 Å². The van der Waals surface area contributed by atoms with Crippen molar-refractivity contribution in [2.24, 2.45) is 11.8 Å². The van der Waals surface area contributed by atoms with Crippen LogP contribution in [0.3, 0.4) is 0 Å². The van der Waals surface area contributed by atoms with Gasteiger partial charge in [0.25, 0.3) is 11.8 Å². The molecule has 11 nitrogen and oxygen atoms in total. The minimum Gasteiger partial charge on any atom is -0.449 e. The van der Waals surface area contributed by atoms with Crippen molar-refractivity contribution in [1.82, 2.24) is 19.7 Å². The Balaban J connectivity index is 1.67. The Morgan fingerprint density at radius 2 is 1.74 bits per heavy atom. The van der Waals surface area contributed by atoms with E-state index in [-0.39, 0.29) is 40.9 Å². The Hall–Kier alpha value is -3.51. The van der Waals surface area contributed by atoms with Crippen LogP contribution in [0.25, 0.3) is 11.0 Å². The Labute approximate surface area is 250 Å². The standard InChI is InChI=1S/C30H39ClN6O5/c1-35(2)15-16-37(5)30(41)21-7-6-8-22-24(21)25(26(42-22)28(39)33-23-14-13-20(31)17-32-23)34-27(38)18-9-11-19(12-10-18)29(40)36(3)4/h6-8,13-14,17-19,29,40H,9-12,15-16H2,1-5H3,(H,34,38)(H,32,33,39)/t18-,19-,29?. The number of fused-ring (bicyclic) bond motifs is 1. The van der Waals surface area contributed by atoms with Crippen LogP contribution in [-0.2, 0) is 4.79 Å². The summed E-state index contributed by atoms with van der Waals surface area (Å²) >= 11 is 5.93. The number of furan rings is 1. The highest BCUT2D eigenvalue weighted by molar-refractivity contribution is 6.30. The molecule has 1 atom stereocenters. The second-order valence-electron chi connectivity index (χ2n) is 11.3. The molecule has 0 saturated heterocycles. The quantitative estimate of drug-likeness (QED) is 0.299. The lowest BCUT2D eigenvalue weighted by Gasteiger charge is -2.33. The van der Waals surface area contributed by atoms with E-state index in [4.69, 9.17) is 16.0 Å². The number of nitrogens with one attached hydrogen (secondary N) is 2. The molecule has 12 heteroatoms. The Morgan fingerprint density at radius 1 is 1.02 bits per heavy atom. The van der Waals surface area contributed by atoms with E-state index in [9.17, 15) is 19.5 Å². The smallest absolute Gasteiger partial charge is 0.294 e. The van der Waals surface area contributed by atoms with Crippen molar-refractivity contribution in [3.8, 4) is 0 Å². The summed E-state index contributed by atoms with van der Waals surface area (Å²) in [5.74, 6) is -1.29. The first-order valence-corrected chi connectivity index (χ1v) is 14.4. The van der Waals surface area contributed by atoms with Crippen molar-refractivity contribution >= 4 is 51.8 Å². The van der Waals surface area contributed by atoms with Gasteiger partial charge < -0.3 is 30.0 Å². The molecule has 226 valence electrons.